The fourth-order valence-corrected chi connectivity index (χ4v) is 3.05. The third-order valence-corrected chi connectivity index (χ3v) is 4.49. The zero-order chi connectivity index (χ0) is 12.0. The number of carbonyl (C=O) groups is 1. The van der Waals surface area contributed by atoms with E-state index >= 15 is 0 Å². The van der Waals surface area contributed by atoms with Crippen molar-refractivity contribution in [1.82, 2.24) is 0 Å². The Labute approximate surface area is 102 Å². The van der Waals surface area contributed by atoms with Crippen LogP contribution in [0.3, 0.4) is 0 Å². The molecule has 1 rings (SSSR count). The van der Waals surface area contributed by atoms with E-state index in [-0.39, 0.29) is 6.42 Å². The van der Waals surface area contributed by atoms with E-state index in [4.69, 9.17) is 5.11 Å². The summed E-state index contributed by atoms with van der Waals surface area (Å²) in [5.41, 5.74) is -0.502. The van der Waals surface area contributed by atoms with Crippen molar-refractivity contribution in [2.24, 2.45) is 5.92 Å². The maximum Gasteiger partial charge on any atom is 0.303 e. The minimum absolute atomic E-state index is 0.256. The van der Waals surface area contributed by atoms with Crippen molar-refractivity contribution in [3.05, 3.63) is 0 Å². The molecule has 0 aromatic heterocycles. The van der Waals surface area contributed by atoms with Crippen LogP contribution in [0.2, 0.25) is 0 Å². The minimum atomic E-state index is -0.720. The highest BCUT2D eigenvalue weighted by Gasteiger charge is 2.35. The van der Waals surface area contributed by atoms with Gasteiger partial charge < -0.3 is 10.2 Å². The van der Waals surface area contributed by atoms with Crippen LogP contribution in [0.5, 0.6) is 0 Å². The second-order valence-electron chi connectivity index (χ2n) is 4.84. The fraction of sp³-hybridized carbons (Fsp3) is 0.917. The van der Waals surface area contributed by atoms with Crippen molar-refractivity contribution in [2.45, 2.75) is 51.0 Å². The van der Waals surface area contributed by atoms with Crippen LogP contribution in [0.4, 0.5) is 0 Å². The molecule has 0 spiro atoms. The number of hydrogen-bond acceptors (Lipinski definition) is 3. The van der Waals surface area contributed by atoms with Gasteiger partial charge in [-0.1, -0.05) is 6.42 Å². The smallest absolute Gasteiger partial charge is 0.303 e. The lowest BCUT2D eigenvalue weighted by molar-refractivity contribution is -0.137. The molecule has 1 saturated carbocycles. The molecule has 1 fully saturated rings. The van der Waals surface area contributed by atoms with Gasteiger partial charge in [0.15, 0.2) is 0 Å². The number of rotatable bonds is 8. The van der Waals surface area contributed by atoms with E-state index < -0.39 is 11.6 Å². The van der Waals surface area contributed by atoms with Crippen LogP contribution in [-0.4, -0.2) is 33.3 Å². The van der Waals surface area contributed by atoms with Gasteiger partial charge in [-0.3, -0.25) is 4.79 Å². The van der Waals surface area contributed by atoms with Crippen LogP contribution in [0.1, 0.15) is 45.4 Å². The summed E-state index contributed by atoms with van der Waals surface area (Å²) in [6.07, 6.45) is 5.40. The summed E-state index contributed by atoms with van der Waals surface area (Å²) >= 11 is 1.75. The predicted molar refractivity (Wildman–Crippen MR) is 66.8 cm³/mol. The fourth-order valence-electron chi connectivity index (χ4n) is 1.94. The number of aliphatic hydroxyl groups is 1. The van der Waals surface area contributed by atoms with Crippen LogP contribution in [0.25, 0.3) is 0 Å². The van der Waals surface area contributed by atoms with E-state index in [0.29, 0.717) is 5.92 Å². The van der Waals surface area contributed by atoms with Gasteiger partial charge in [0.1, 0.15) is 0 Å². The first-order valence-corrected chi connectivity index (χ1v) is 7.20. The number of hydrogen-bond donors (Lipinski definition) is 2. The molecule has 1 atom stereocenters. The van der Waals surface area contributed by atoms with Crippen LogP contribution < -0.4 is 0 Å². The largest absolute Gasteiger partial charge is 0.481 e. The lowest BCUT2D eigenvalue weighted by Gasteiger charge is -2.39. The molecular formula is C12H22O3S. The average Bonchev–Trinajstić information content (AvgIpc) is 2.06. The molecule has 1 unspecified atom stereocenters. The topological polar surface area (TPSA) is 57.5 Å². The average molecular weight is 246 g/mol. The lowest BCUT2D eigenvalue weighted by atomic mass is 9.73. The molecule has 0 amide bonds. The molecule has 0 heterocycles. The van der Waals surface area contributed by atoms with E-state index in [1.165, 1.54) is 6.42 Å². The van der Waals surface area contributed by atoms with E-state index in [0.717, 1.165) is 37.2 Å². The van der Waals surface area contributed by atoms with Crippen molar-refractivity contribution in [3.8, 4) is 0 Å². The molecule has 0 aromatic carbocycles. The van der Waals surface area contributed by atoms with Gasteiger partial charge in [0.2, 0.25) is 0 Å². The Morgan fingerprint density at radius 2 is 2.12 bits per heavy atom. The van der Waals surface area contributed by atoms with Crippen molar-refractivity contribution in [1.29, 1.82) is 0 Å². The van der Waals surface area contributed by atoms with Gasteiger partial charge in [-0.05, 0) is 50.0 Å². The summed E-state index contributed by atoms with van der Waals surface area (Å²) in [5, 5.41) is 18.6. The molecule has 16 heavy (non-hydrogen) atoms. The minimum Gasteiger partial charge on any atom is -0.481 e. The zero-order valence-electron chi connectivity index (χ0n) is 9.95. The molecule has 94 valence electrons. The van der Waals surface area contributed by atoms with Gasteiger partial charge in [0.25, 0.3) is 0 Å². The van der Waals surface area contributed by atoms with E-state index in [2.05, 4.69) is 0 Å². The summed E-state index contributed by atoms with van der Waals surface area (Å²) < 4.78 is 0. The number of carboxylic acids is 1. The van der Waals surface area contributed by atoms with Crippen LogP contribution in [0.15, 0.2) is 0 Å². The third kappa shape index (κ3) is 4.74. The zero-order valence-corrected chi connectivity index (χ0v) is 10.8. The number of thioether (sulfide) groups is 1. The quantitative estimate of drug-likeness (QED) is 0.646. The van der Waals surface area contributed by atoms with Crippen LogP contribution in [0, 0.1) is 5.92 Å². The highest BCUT2D eigenvalue weighted by Crippen LogP contribution is 2.38. The van der Waals surface area contributed by atoms with E-state index in [1.807, 2.05) is 6.92 Å². The molecule has 4 heteroatoms. The van der Waals surface area contributed by atoms with Gasteiger partial charge in [-0.25, -0.2) is 0 Å². The van der Waals surface area contributed by atoms with Gasteiger partial charge in [-0.15, -0.1) is 0 Å². The van der Waals surface area contributed by atoms with Gasteiger partial charge in [-0.2, -0.15) is 11.8 Å². The summed E-state index contributed by atoms with van der Waals surface area (Å²) in [6, 6.07) is 0. The van der Waals surface area contributed by atoms with Crippen molar-refractivity contribution >= 4 is 17.7 Å². The Kier molecular flexibility index (Phi) is 5.62. The second-order valence-corrected chi connectivity index (χ2v) is 6.07. The molecule has 0 radical (unpaired) electrons. The lowest BCUT2D eigenvalue weighted by Crippen LogP contribution is -2.39. The summed E-state index contributed by atoms with van der Waals surface area (Å²) in [5.74, 6) is 1.59. The Balaban J connectivity index is 1.99. The third-order valence-electron chi connectivity index (χ3n) is 3.42. The Hall–Kier alpha value is -0.220. The molecule has 0 saturated heterocycles. The predicted octanol–water partition coefficient (Wildman–Crippen LogP) is 2.53. The molecular weight excluding hydrogens is 224 g/mol. The number of carboxylic acid groups (broad SMARTS) is 1. The van der Waals surface area contributed by atoms with E-state index in [1.54, 1.807) is 11.8 Å². The van der Waals surface area contributed by atoms with E-state index in [9.17, 15) is 9.90 Å². The molecule has 0 bridgehead atoms. The van der Waals surface area contributed by atoms with Crippen molar-refractivity contribution in [2.75, 3.05) is 11.5 Å². The first-order chi connectivity index (χ1) is 7.52. The standard InChI is InChI=1S/C12H22O3S/c1-12(15,10-4-2-5-10)7-9-16-8-3-6-11(13)14/h10,15H,2-9H2,1H3,(H,13,14). The summed E-state index contributed by atoms with van der Waals surface area (Å²) in [7, 11) is 0. The molecule has 1 aliphatic carbocycles. The Morgan fingerprint density at radius 1 is 1.44 bits per heavy atom. The summed E-state index contributed by atoms with van der Waals surface area (Å²) in [4.78, 5) is 10.3. The summed E-state index contributed by atoms with van der Waals surface area (Å²) in [6.45, 7) is 1.94. The maximum absolute atomic E-state index is 10.3. The molecule has 2 N–H and O–H groups in total. The first-order valence-electron chi connectivity index (χ1n) is 6.04. The monoisotopic (exact) mass is 246 g/mol. The Bertz CT molecular complexity index is 224. The molecule has 0 aromatic rings. The van der Waals surface area contributed by atoms with Gasteiger partial charge >= 0.3 is 5.97 Å². The molecule has 3 nitrogen and oxygen atoms in total. The first kappa shape index (κ1) is 13.8. The molecule has 0 aliphatic heterocycles. The highest BCUT2D eigenvalue weighted by molar-refractivity contribution is 7.99. The second kappa shape index (κ2) is 6.50. The van der Waals surface area contributed by atoms with Gasteiger partial charge in [0, 0.05) is 6.42 Å². The normalized spacial score (nSPS) is 20.1. The number of aliphatic carboxylic acids is 1. The SMILES string of the molecule is CC(O)(CCSCCCC(=O)O)C1CCC1. The van der Waals surface area contributed by atoms with Crippen LogP contribution >= 0.6 is 11.8 Å². The maximum atomic E-state index is 10.3. The van der Waals surface area contributed by atoms with Crippen LogP contribution in [-0.2, 0) is 4.79 Å². The van der Waals surface area contributed by atoms with Crippen molar-refractivity contribution < 1.29 is 15.0 Å². The van der Waals surface area contributed by atoms with Crippen molar-refractivity contribution in [3.63, 3.8) is 0 Å². The highest BCUT2D eigenvalue weighted by atomic mass is 32.2. The Morgan fingerprint density at radius 3 is 2.62 bits per heavy atom. The molecule has 1 aliphatic rings. The van der Waals surface area contributed by atoms with Gasteiger partial charge in [0.05, 0.1) is 5.60 Å².